The summed E-state index contributed by atoms with van der Waals surface area (Å²) in [5, 5.41) is 10.7. The predicted molar refractivity (Wildman–Crippen MR) is 60.1 cm³/mol. The van der Waals surface area contributed by atoms with Gasteiger partial charge in [0.15, 0.2) is 5.69 Å². The lowest BCUT2D eigenvalue weighted by molar-refractivity contribution is -0.386. The second-order valence-electron chi connectivity index (χ2n) is 3.38. The van der Waals surface area contributed by atoms with E-state index in [0.717, 1.165) is 7.11 Å². The molecule has 0 saturated heterocycles. The smallest absolute Gasteiger partial charge is 0.487 e. The fourth-order valence-corrected chi connectivity index (χ4v) is 1.35. The van der Waals surface area contributed by atoms with Crippen molar-refractivity contribution in [2.45, 2.75) is 13.3 Å². The van der Waals surface area contributed by atoms with Crippen molar-refractivity contribution in [1.82, 2.24) is 4.98 Å². The second kappa shape index (κ2) is 6.24. The first-order valence-corrected chi connectivity index (χ1v) is 5.35. The molecular formula is C10H9F3N2O6. The molecule has 0 saturated carbocycles. The van der Waals surface area contributed by atoms with Crippen molar-refractivity contribution in [3.8, 4) is 11.5 Å². The zero-order chi connectivity index (χ0) is 16.2. The van der Waals surface area contributed by atoms with Gasteiger partial charge in [0.25, 0.3) is 0 Å². The molecule has 0 unspecified atom stereocenters. The van der Waals surface area contributed by atoms with Gasteiger partial charge in [0, 0.05) is 0 Å². The number of halogens is 3. The third-order valence-electron chi connectivity index (χ3n) is 2.06. The van der Waals surface area contributed by atoms with Gasteiger partial charge in [0.1, 0.15) is 6.20 Å². The molecule has 21 heavy (non-hydrogen) atoms. The Morgan fingerprint density at radius 3 is 2.48 bits per heavy atom. The van der Waals surface area contributed by atoms with Crippen LogP contribution in [0.4, 0.5) is 18.9 Å². The van der Waals surface area contributed by atoms with Gasteiger partial charge < -0.3 is 14.2 Å². The van der Waals surface area contributed by atoms with Gasteiger partial charge in [-0.3, -0.25) is 10.1 Å². The molecule has 0 atom stereocenters. The van der Waals surface area contributed by atoms with Crippen LogP contribution in [0.1, 0.15) is 17.4 Å². The van der Waals surface area contributed by atoms with Crippen molar-refractivity contribution in [2.75, 3.05) is 13.7 Å². The lowest BCUT2D eigenvalue weighted by Crippen LogP contribution is -2.21. The van der Waals surface area contributed by atoms with E-state index in [9.17, 15) is 28.1 Å². The lowest BCUT2D eigenvalue weighted by atomic mass is 10.2. The molecule has 0 spiro atoms. The van der Waals surface area contributed by atoms with Crippen LogP contribution in [0.2, 0.25) is 0 Å². The van der Waals surface area contributed by atoms with Crippen LogP contribution in [0.3, 0.4) is 0 Å². The predicted octanol–water partition coefficient (Wildman–Crippen LogP) is 2.07. The van der Waals surface area contributed by atoms with E-state index in [2.05, 4.69) is 19.2 Å². The average Bonchev–Trinajstić information content (AvgIpc) is 2.36. The molecule has 0 amide bonds. The van der Waals surface area contributed by atoms with Gasteiger partial charge in [0.2, 0.25) is 11.5 Å². The minimum Gasteiger partial charge on any atom is -0.487 e. The van der Waals surface area contributed by atoms with Gasteiger partial charge in [-0.2, -0.15) is 0 Å². The Bertz CT molecular complexity index is 560. The molecule has 0 radical (unpaired) electrons. The van der Waals surface area contributed by atoms with E-state index in [1.807, 2.05) is 0 Å². The highest BCUT2D eigenvalue weighted by Gasteiger charge is 2.38. The number of ether oxygens (including phenoxy) is 3. The normalized spacial score (nSPS) is 10.9. The molecule has 1 aromatic heterocycles. The highest BCUT2D eigenvalue weighted by atomic mass is 19.4. The van der Waals surface area contributed by atoms with Crippen molar-refractivity contribution in [3.63, 3.8) is 0 Å². The third kappa shape index (κ3) is 3.94. The summed E-state index contributed by atoms with van der Waals surface area (Å²) in [6, 6.07) is 0. The van der Waals surface area contributed by atoms with E-state index < -0.39 is 40.1 Å². The Kier molecular flexibility index (Phi) is 4.89. The molecule has 0 aliphatic heterocycles. The van der Waals surface area contributed by atoms with E-state index in [1.54, 1.807) is 0 Å². The molecule has 0 aliphatic rings. The topological polar surface area (TPSA) is 101 Å². The van der Waals surface area contributed by atoms with Crippen molar-refractivity contribution >= 4 is 11.7 Å². The van der Waals surface area contributed by atoms with Crippen molar-refractivity contribution < 1.29 is 37.1 Å². The molecule has 1 rings (SSSR count). The van der Waals surface area contributed by atoms with Crippen LogP contribution in [0.25, 0.3) is 0 Å². The van der Waals surface area contributed by atoms with E-state index in [4.69, 9.17) is 0 Å². The fraction of sp³-hybridized carbons (Fsp3) is 0.400. The van der Waals surface area contributed by atoms with Crippen LogP contribution in [0.15, 0.2) is 6.20 Å². The number of carbonyl (C=O) groups excluding carboxylic acids is 1. The number of hydrogen-bond donors (Lipinski definition) is 0. The molecule has 0 fully saturated rings. The van der Waals surface area contributed by atoms with Gasteiger partial charge in [-0.15, -0.1) is 13.2 Å². The number of methoxy groups -OCH3 is 1. The van der Waals surface area contributed by atoms with E-state index >= 15 is 0 Å². The van der Waals surface area contributed by atoms with Gasteiger partial charge in [-0.1, -0.05) is 0 Å². The van der Waals surface area contributed by atoms with Crippen LogP contribution >= 0.6 is 0 Å². The highest BCUT2D eigenvalue weighted by Crippen LogP contribution is 2.41. The minimum absolute atomic E-state index is 0.134. The minimum atomic E-state index is -5.20. The summed E-state index contributed by atoms with van der Waals surface area (Å²) in [7, 11) is 0.889. The quantitative estimate of drug-likeness (QED) is 0.466. The van der Waals surface area contributed by atoms with Crippen LogP contribution in [-0.4, -0.2) is 36.0 Å². The molecule has 11 heteroatoms. The van der Waals surface area contributed by atoms with E-state index in [1.165, 1.54) is 6.92 Å². The van der Waals surface area contributed by atoms with Crippen LogP contribution < -0.4 is 9.47 Å². The molecule has 0 N–H and O–H groups in total. The maximum atomic E-state index is 12.4. The molecule has 0 bridgehead atoms. The van der Waals surface area contributed by atoms with Crippen LogP contribution in [0, 0.1) is 10.1 Å². The molecule has 8 nitrogen and oxygen atoms in total. The van der Waals surface area contributed by atoms with Gasteiger partial charge in [0.05, 0.1) is 18.6 Å². The summed E-state index contributed by atoms with van der Waals surface area (Å²) in [6.07, 6.45) is -4.63. The number of rotatable bonds is 5. The van der Waals surface area contributed by atoms with Crippen LogP contribution in [0.5, 0.6) is 11.5 Å². The van der Waals surface area contributed by atoms with Gasteiger partial charge in [-0.25, -0.2) is 9.78 Å². The van der Waals surface area contributed by atoms with E-state index in [0.29, 0.717) is 6.20 Å². The SMILES string of the molecule is CCOC(=O)c1ncc([N+](=O)[O-])c(OC)c1OC(F)(F)F. The first-order valence-electron chi connectivity index (χ1n) is 5.35. The Hall–Kier alpha value is -2.59. The summed E-state index contributed by atoms with van der Waals surface area (Å²) in [4.78, 5) is 24.5. The number of pyridine rings is 1. The maximum Gasteiger partial charge on any atom is 0.573 e. The number of esters is 1. The first-order chi connectivity index (χ1) is 9.71. The second-order valence-corrected chi connectivity index (χ2v) is 3.38. The number of aromatic nitrogens is 1. The van der Waals surface area contributed by atoms with Crippen LogP contribution in [-0.2, 0) is 4.74 Å². The van der Waals surface area contributed by atoms with Crippen molar-refractivity contribution in [1.29, 1.82) is 0 Å². The van der Waals surface area contributed by atoms with Gasteiger partial charge >= 0.3 is 18.0 Å². The third-order valence-corrected chi connectivity index (χ3v) is 2.06. The summed E-state index contributed by atoms with van der Waals surface area (Å²) in [6.45, 7) is 1.29. The first kappa shape index (κ1) is 16.5. The molecule has 1 heterocycles. The molecule has 0 aromatic carbocycles. The Balaban J connectivity index is 3.50. The zero-order valence-electron chi connectivity index (χ0n) is 10.8. The number of nitro groups is 1. The largest absolute Gasteiger partial charge is 0.573 e. The van der Waals surface area contributed by atoms with Crippen molar-refractivity contribution in [3.05, 3.63) is 22.0 Å². The molecular weight excluding hydrogens is 301 g/mol. The Morgan fingerprint density at radius 1 is 1.43 bits per heavy atom. The lowest BCUT2D eigenvalue weighted by Gasteiger charge is -2.14. The fourth-order valence-electron chi connectivity index (χ4n) is 1.35. The Morgan fingerprint density at radius 2 is 2.05 bits per heavy atom. The average molecular weight is 310 g/mol. The molecule has 1 aromatic rings. The summed E-state index contributed by atoms with van der Waals surface area (Å²) in [5.41, 5.74) is -1.76. The Labute approximate surface area is 115 Å². The summed E-state index contributed by atoms with van der Waals surface area (Å²) >= 11 is 0. The van der Waals surface area contributed by atoms with E-state index in [-0.39, 0.29) is 6.61 Å². The molecule has 0 aliphatic carbocycles. The standard InChI is InChI=1S/C10H9F3N2O6/c1-3-20-9(16)6-8(21-10(11,12)13)7(19-2)5(4-14-6)15(17)18/h4H,3H2,1-2H3. The number of hydrogen-bond acceptors (Lipinski definition) is 7. The monoisotopic (exact) mass is 310 g/mol. The van der Waals surface area contributed by atoms with Crippen molar-refractivity contribution in [2.24, 2.45) is 0 Å². The number of carbonyl (C=O) groups is 1. The summed E-state index contributed by atoms with van der Waals surface area (Å²) in [5.74, 6) is -3.34. The molecule has 116 valence electrons. The highest BCUT2D eigenvalue weighted by molar-refractivity contribution is 5.92. The maximum absolute atomic E-state index is 12.4. The number of nitrogens with zero attached hydrogens (tertiary/aromatic N) is 2. The summed E-state index contributed by atoms with van der Waals surface area (Å²) < 4.78 is 49.8. The zero-order valence-corrected chi connectivity index (χ0v) is 10.8. The van der Waals surface area contributed by atoms with Gasteiger partial charge in [-0.05, 0) is 6.92 Å². The number of alkyl halides is 3.